The highest BCUT2D eigenvalue weighted by Gasteiger charge is 2.09. The Morgan fingerprint density at radius 3 is 2.58 bits per heavy atom. The van der Waals surface area contributed by atoms with E-state index in [9.17, 15) is 4.79 Å². The third-order valence-corrected chi connectivity index (χ3v) is 4.83. The summed E-state index contributed by atoms with van der Waals surface area (Å²) in [5.41, 5.74) is 11.6. The highest BCUT2D eigenvalue weighted by Crippen LogP contribution is 2.27. The Labute approximate surface area is 182 Å². The van der Waals surface area contributed by atoms with E-state index in [2.05, 4.69) is 29.6 Å². The topological polar surface area (TPSA) is 93.8 Å². The highest BCUT2D eigenvalue weighted by atomic mass is 16.5. The molecule has 0 atom stereocenters. The fourth-order valence-electron chi connectivity index (χ4n) is 3.33. The Morgan fingerprint density at radius 2 is 1.81 bits per heavy atom. The smallest absolute Gasteiger partial charge is 0.307 e. The molecule has 0 unspecified atom stereocenters. The maximum Gasteiger partial charge on any atom is 0.307 e. The van der Waals surface area contributed by atoms with Crippen LogP contribution in [0, 0.1) is 0 Å². The molecule has 3 rings (SSSR count). The summed E-state index contributed by atoms with van der Waals surface area (Å²) >= 11 is 0. The van der Waals surface area contributed by atoms with E-state index in [1.54, 1.807) is 19.2 Å². The molecule has 31 heavy (non-hydrogen) atoms. The Morgan fingerprint density at radius 1 is 1.00 bits per heavy atom. The van der Waals surface area contributed by atoms with Gasteiger partial charge in [0, 0.05) is 31.5 Å². The number of methoxy groups -OCH3 is 1. The third kappa shape index (κ3) is 6.57. The van der Waals surface area contributed by atoms with Crippen LogP contribution in [-0.4, -0.2) is 31.3 Å². The van der Waals surface area contributed by atoms with E-state index >= 15 is 0 Å². The zero-order valence-electron chi connectivity index (χ0n) is 17.6. The lowest BCUT2D eigenvalue weighted by Crippen LogP contribution is -2.08. The summed E-state index contributed by atoms with van der Waals surface area (Å²) in [6.45, 7) is 2.09. The van der Waals surface area contributed by atoms with E-state index in [0.717, 1.165) is 27.9 Å². The minimum Gasteiger partial charge on any atom is -0.489 e. The fraction of sp³-hybridized carbons (Fsp3) is 0.240. The number of nitrogens with two attached hydrogens (primary N) is 1. The van der Waals surface area contributed by atoms with Crippen molar-refractivity contribution in [3.05, 3.63) is 83.4 Å². The Balaban J connectivity index is 1.86. The largest absolute Gasteiger partial charge is 0.489 e. The average molecular weight is 421 g/mol. The highest BCUT2D eigenvalue weighted by molar-refractivity contribution is 5.71. The van der Waals surface area contributed by atoms with Crippen molar-refractivity contribution >= 4 is 11.7 Å². The molecule has 3 aromatic rings. The second-order valence-corrected chi connectivity index (χ2v) is 7.21. The van der Waals surface area contributed by atoms with Crippen molar-refractivity contribution in [3.63, 3.8) is 0 Å². The molecule has 6 heteroatoms. The predicted octanol–water partition coefficient (Wildman–Crippen LogP) is 4.08. The van der Waals surface area contributed by atoms with Crippen LogP contribution in [-0.2, 0) is 29.1 Å². The van der Waals surface area contributed by atoms with Crippen LogP contribution in [0.1, 0.15) is 16.7 Å². The number of carboxylic acid groups (broad SMARTS) is 1. The van der Waals surface area contributed by atoms with E-state index in [4.69, 9.17) is 20.3 Å². The van der Waals surface area contributed by atoms with Crippen LogP contribution in [0.25, 0.3) is 11.1 Å². The molecule has 0 radical (unpaired) electrons. The summed E-state index contributed by atoms with van der Waals surface area (Å²) in [5.74, 6) is -0.309. The molecule has 162 valence electrons. The number of hydrogen-bond donors (Lipinski definition) is 3. The molecule has 0 saturated heterocycles. The van der Waals surface area contributed by atoms with Crippen molar-refractivity contribution < 1.29 is 19.4 Å². The summed E-state index contributed by atoms with van der Waals surface area (Å²) < 4.78 is 11.1. The van der Waals surface area contributed by atoms with Crippen LogP contribution >= 0.6 is 0 Å². The number of carbonyl (C=O) groups is 1. The molecule has 0 spiro atoms. The number of benzene rings is 3. The monoisotopic (exact) mass is 420 g/mol. The standard InChI is InChI=1S/C25H28N2O4/c1-30-10-9-27-23-13-19(12-22(14-23)20-7-4-5-18(11-20)16-26)17-31-24-8-3-2-6-21(24)15-25(28)29/h2-8,11-14,27H,9-10,15-17,26H2,1H3,(H,28,29). The summed E-state index contributed by atoms with van der Waals surface area (Å²) in [5, 5.41) is 12.5. The molecule has 0 bridgehead atoms. The van der Waals surface area contributed by atoms with Crippen molar-refractivity contribution in [3.8, 4) is 16.9 Å². The van der Waals surface area contributed by atoms with Gasteiger partial charge in [-0.05, 0) is 52.6 Å². The maximum atomic E-state index is 11.1. The lowest BCUT2D eigenvalue weighted by molar-refractivity contribution is -0.136. The maximum absolute atomic E-state index is 11.1. The number of nitrogens with one attached hydrogen (secondary N) is 1. The number of rotatable bonds is 11. The van der Waals surface area contributed by atoms with Gasteiger partial charge in [0.1, 0.15) is 12.4 Å². The van der Waals surface area contributed by atoms with Crippen molar-refractivity contribution in [2.75, 3.05) is 25.6 Å². The second-order valence-electron chi connectivity index (χ2n) is 7.21. The minimum atomic E-state index is -0.887. The van der Waals surface area contributed by atoms with Gasteiger partial charge < -0.3 is 25.6 Å². The van der Waals surface area contributed by atoms with Gasteiger partial charge in [-0.2, -0.15) is 0 Å². The van der Waals surface area contributed by atoms with Gasteiger partial charge in [0.2, 0.25) is 0 Å². The molecule has 0 aromatic heterocycles. The van der Waals surface area contributed by atoms with Crippen LogP contribution < -0.4 is 15.8 Å². The summed E-state index contributed by atoms with van der Waals surface area (Å²) in [4.78, 5) is 11.1. The van der Waals surface area contributed by atoms with Gasteiger partial charge in [-0.1, -0.05) is 36.4 Å². The van der Waals surface area contributed by atoms with Gasteiger partial charge >= 0.3 is 5.97 Å². The molecule has 0 heterocycles. The molecule has 0 fully saturated rings. The third-order valence-electron chi connectivity index (χ3n) is 4.83. The number of ether oxygens (including phenoxy) is 2. The summed E-state index contributed by atoms with van der Waals surface area (Å²) in [6, 6.07) is 21.6. The van der Waals surface area contributed by atoms with E-state index in [1.807, 2.05) is 30.3 Å². The number of aliphatic carboxylic acids is 1. The second kappa shape index (κ2) is 11.2. The predicted molar refractivity (Wildman–Crippen MR) is 122 cm³/mol. The van der Waals surface area contributed by atoms with Gasteiger partial charge in [-0.3, -0.25) is 4.79 Å². The molecule has 6 nitrogen and oxygen atoms in total. The van der Waals surface area contributed by atoms with Gasteiger partial charge in [0.15, 0.2) is 0 Å². The van der Waals surface area contributed by atoms with Crippen LogP contribution in [0.4, 0.5) is 5.69 Å². The summed E-state index contributed by atoms with van der Waals surface area (Å²) in [7, 11) is 1.67. The Hall–Kier alpha value is -3.35. The number of hydrogen-bond acceptors (Lipinski definition) is 5. The Kier molecular flexibility index (Phi) is 8.04. The van der Waals surface area contributed by atoms with E-state index in [1.165, 1.54) is 0 Å². The minimum absolute atomic E-state index is 0.0775. The van der Waals surface area contributed by atoms with Crippen molar-refractivity contribution in [1.82, 2.24) is 0 Å². The molecule has 0 aliphatic heterocycles. The normalized spacial score (nSPS) is 10.6. The van der Waals surface area contributed by atoms with E-state index in [0.29, 0.717) is 37.6 Å². The molecule has 0 saturated carbocycles. The molecule has 3 aromatic carbocycles. The molecular weight excluding hydrogens is 392 g/mol. The average Bonchev–Trinajstić information content (AvgIpc) is 2.78. The van der Waals surface area contributed by atoms with Crippen molar-refractivity contribution in [1.29, 1.82) is 0 Å². The lowest BCUT2D eigenvalue weighted by atomic mass is 10.00. The first-order valence-corrected chi connectivity index (χ1v) is 10.2. The van der Waals surface area contributed by atoms with Crippen molar-refractivity contribution in [2.45, 2.75) is 19.6 Å². The lowest BCUT2D eigenvalue weighted by Gasteiger charge is -2.14. The zero-order valence-corrected chi connectivity index (χ0v) is 17.6. The first kappa shape index (κ1) is 22.3. The quantitative estimate of drug-likeness (QED) is 0.405. The van der Waals surface area contributed by atoms with Crippen LogP contribution in [0.2, 0.25) is 0 Å². The molecule has 0 aliphatic rings. The molecule has 0 aliphatic carbocycles. The van der Waals surface area contributed by atoms with Gasteiger partial charge in [0.25, 0.3) is 0 Å². The van der Waals surface area contributed by atoms with Crippen molar-refractivity contribution in [2.24, 2.45) is 5.73 Å². The van der Waals surface area contributed by atoms with Crippen LogP contribution in [0.5, 0.6) is 5.75 Å². The molecule has 0 amide bonds. The van der Waals surface area contributed by atoms with Gasteiger partial charge in [-0.15, -0.1) is 0 Å². The van der Waals surface area contributed by atoms with Gasteiger partial charge in [0.05, 0.1) is 13.0 Å². The van der Waals surface area contributed by atoms with E-state index in [-0.39, 0.29) is 6.42 Å². The van der Waals surface area contributed by atoms with E-state index < -0.39 is 5.97 Å². The molecule has 4 N–H and O–H groups in total. The SMILES string of the molecule is COCCNc1cc(COc2ccccc2CC(=O)O)cc(-c2cccc(CN)c2)c1. The first-order chi connectivity index (χ1) is 15.1. The number of para-hydroxylation sites is 1. The first-order valence-electron chi connectivity index (χ1n) is 10.2. The van der Waals surface area contributed by atoms with Gasteiger partial charge in [-0.25, -0.2) is 0 Å². The molecular formula is C25H28N2O4. The fourth-order valence-corrected chi connectivity index (χ4v) is 3.33. The number of anilines is 1. The number of carboxylic acids is 1. The zero-order chi connectivity index (χ0) is 22.1. The summed E-state index contributed by atoms with van der Waals surface area (Å²) in [6.07, 6.45) is -0.0775. The Bertz CT molecular complexity index is 1020. The van der Waals surface area contributed by atoms with Crippen LogP contribution in [0.15, 0.2) is 66.7 Å². The van der Waals surface area contributed by atoms with Crippen LogP contribution in [0.3, 0.4) is 0 Å².